The number of hydrogen-bond acceptors (Lipinski definition) is 5. The predicted octanol–water partition coefficient (Wildman–Crippen LogP) is 3.93. The number of halogens is 1. The van der Waals surface area contributed by atoms with Crippen LogP contribution in [0.1, 0.15) is 19.8 Å². The van der Waals surface area contributed by atoms with E-state index < -0.39 is 0 Å². The Balaban J connectivity index is 2.08. The van der Waals surface area contributed by atoms with Crippen LogP contribution < -0.4 is 10.2 Å². The molecule has 6 heteroatoms. The molecule has 0 saturated carbocycles. The summed E-state index contributed by atoms with van der Waals surface area (Å²) >= 11 is 6.43. The lowest BCUT2D eigenvalue weighted by atomic mass is 9.98. The number of nitrogens with one attached hydrogen (secondary N) is 1. The standard InChI is InChI=1S/C17H18ClN5/c1-12-7-9-23(10-8-12)16-14(13-5-3-2-4-6-13)15(18)21-17(22-16)20-11-19/h2-6,12H,7-10H2,1H3,(H,20,21,22). The molecule has 5 nitrogen and oxygen atoms in total. The van der Waals surface area contributed by atoms with Crippen molar-refractivity contribution in [2.75, 3.05) is 23.3 Å². The van der Waals surface area contributed by atoms with Gasteiger partial charge in [-0.05, 0) is 24.3 Å². The van der Waals surface area contributed by atoms with Gasteiger partial charge in [0.1, 0.15) is 11.0 Å². The molecule has 0 unspecified atom stereocenters. The normalized spacial score (nSPS) is 15.3. The van der Waals surface area contributed by atoms with Gasteiger partial charge in [0.15, 0.2) is 6.19 Å². The molecule has 1 aliphatic heterocycles. The number of nitrogens with zero attached hydrogens (tertiary/aromatic N) is 4. The molecule has 3 rings (SSSR count). The van der Waals surface area contributed by atoms with E-state index in [0.29, 0.717) is 5.15 Å². The minimum Gasteiger partial charge on any atom is -0.356 e. The minimum absolute atomic E-state index is 0.241. The van der Waals surface area contributed by atoms with E-state index in [2.05, 4.69) is 27.1 Å². The van der Waals surface area contributed by atoms with Crippen molar-refractivity contribution in [2.45, 2.75) is 19.8 Å². The Kier molecular flexibility index (Phi) is 4.63. The van der Waals surface area contributed by atoms with Gasteiger partial charge in [0.05, 0.1) is 5.56 Å². The fourth-order valence-electron chi connectivity index (χ4n) is 2.83. The van der Waals surface area contributed by atoms with Gasteiger partial charge >= 0.3 is 0 Å². The Morgan fingerprint density at radius 2 is 1.91 bits per heavy atom. The minimum atomic E-state index is 0.241. The van der Waals surface area contributed by atoms with Gasteiger partial charge in [-0.25, -0.2) is 0 Å². The topological polar surface area (TPSA) is 64.8 Å². The maximum absolute atomic E-state index is 8.84. The highest BCUT2D eigenvalue weighted by atomic mass is 35.5. The van der Waals surface area contributed by atoms with E-state index >= 15 is 0 Å². The number of anilines is 2. The van der Waals surface area contributed by atoms with Crippen LogP contribution in [0.25, 0.3) is 11.1 Å². The Labute approximate surface area is 140 Å². The highest BCUT2D eigenvalue weighted by Gasteiger charge is 2.23. The fraction of sp³-hybridized carbons (Fsp3) is 0.353. The highest BCUT2D eigenvalue weighted by Crippen LogP contribution is 2.37. The molecule has 1 aromatic heterocycles. The number of piperidine rings is 1. The second-order valence-corrected chi connectivity index (χ2v) is 6.17. The van der Waals surface area contributed by atoms with Gasteiger partial charge in [0.2, 0.25) is 5.95 Å². The summed E-state index contributed by atoms with van der Waals surface area (Å²) in [5, 5.41) is 11.7. The van der Waals surface area contributed by atoms with Crippen LogP contribution in [0.5, 0.6) is 0 Å². The van der Waals surface area contributed by atoms with Gasteiger partial charge < -0.3 is 4.90 Å². The first kappa shape index (κ1) is 15.6. The number of rotatable bonds is 3. The average Bonchev–Trinajstić information content (AvgIpc) is 2.56. The number of nitriles is 1. The van der Waals surface area contributed by atoms with E-state index in [9.17, 15) is 0 Å². The fourth-order valence-corrected chi connectivity index (χ4v) is 3.10. The van der Waals surface area contributed by atoms with Crippen LogP contribution in [0.15, 0.2) is 30.3 Å². The quantitative estimate of drug-likeness (QED) is 0.525. The molecule has 2 aromatic rings. The Morgan fingerprint density at radius 1 is 1.22 bits per heavy atom. The summed E-state index contributed by atoms with van der Waals surface area (Å²) in [5.41, 5.74) is 1.81. The molecule has 118 valence electrons. The molecule has 0 atom stereocenters. The van der Waals surface area contributed by atoms with Crippen molar-refractivity contribution in [1.29, 1.82) is 5.26 Å². The lowest BCUT2D eigenvalue weighted by Crippen LogP contribution is -2.34. The van der Waals surface area contributed by atoms with Crippen molar-refractivity contribution in [2.24, 2.45) is 5.92 Å². The molecule has 1 aromatic carbocycles. The van der Waals surface area contributed by atoms with Gasteiger partial charge in [-0.1, -0.05) is 48.9 Å². The summed E-state index contributed by atoms with van der Waals surface area (Å²) in [5.74, 6) is 1.76. The van der Waals surface area contributed by atoms with Gasteiger partial charge in [0, 0.05) is 13.1 Å². The summed E-state index contributed by atoms with van der Waals surface area (Å²) < 4.78 is 0. The number of benzene rings is 1. The van der Waals surface area contributed by atoms with Crippen molar-refractivity contribution in [1.82, 2.24) is 9.97 Å². The molecule has 0 spiro atoms. The van der Waals surface area contributed by atoms with E-state index in [0.717, 1.165) is 48.8 Å². The molecule has 0 bridgehead atoms. The van der Waals surface area contributed by atoms with Crippen molar-refractivity contribution < 1.29 is 0 Å². The van der Waals surface area contributed by atoms with E-state index in [-0.39, 0.29) is 5.95 Å². The van der Waals surface area contributed by atoms with Crippen molar-refractivity contribution in [3.63, 3.8) is 0 Å². The third-order valence-corrected chi connectivity index (χ3v) is 4.43. The zero-order valence-electron chi connectivity index (χ0n) is 13.0. The summed E-state index contributed by atoms with van der Waals surface area (Å²) in [6, 6.07) is 9.90. The molecule has 2 heterocycles. The largest absolute Gasteiger partial charge is 0.356 e. The van der Waals surface area contributed by atoms with Crippen LogP contribution in [0, 0.1) is 17.4 Å². The van der Waals surface area contributed by atoms with Gasteiger partial charge in [-0.15, -0.1) is 0 Å². The Morgan fingerprint density at radius 3 is 2.57 bits per heavy atom. The van der Waals surface area contributed by atoms with Crippen LogP contribution in [-0.4, -0.2) is 23.1 Å². The van der Waals surface area contributed by atoms with E-state index in [1.54, 1.807) is 0 Å². The summed E-state index contributed by atoms with van der Waals surface area (Å²) in [6.45, 7) is 4.13. The maximum atomic E-state index is 8.84. The van der Waals surface area contributed by atoms with E-state index in [4.69, 9.17) is 16.9 Å². The summed E-state index contributed by atoms with van der Waals surface area (Å²) in [6.07, 6.45) is 4.10. The maximum Gasteiger partial charge on any atom is 0.239 e. The third-order valence-electron chi connectivity index (χ3n) is 4.16. The molecule has 0 aliphatic carbocycles. The molecular formula is C17H18ClN5. The van der Waals surface area contributed by atoms with Crippen LogP contribution in [0.4, 0.5) is 11.8 Å². The van der Waals surface area contributed by atoms with Crippen LogP contribution in [0.3, 0.4) is 0 Å². The monoisotopic (exact) mass is 327 g/mol. The highest BCUT2D eigenvalue weighted by molar-refractivity contribution is 6.32. The average molecular weight is 328 g/mol. The van der Waals surface area contributed by atoms with Crippen LogP contribution >= 0.6 is 11.6 Å². The number of hydrogen-bond donors (Lipinski definition) is 1. The second-order valence-electron chi connectivity index (χ2n) is 5.81. The Bertz CT molecular complexity index is 718. The van der Waals surface area contributed by atoms with E-state index in [1.807, 2.05) is 36.5 Å². The molecule has 1 saturated heterocycles. The Hall–Kier alpha value is -2.32. The zero-order chi connectivity index (χ0) is 16.2. The van der Waals surface area contributed by atoms with Crippen LogP contribution in [0.2, 0.25) is 5.15 Å². The SMILES string of the molecule is CC1CCN(c2nc(NC#N)nc(Cl)c2-c2ccccc2)CC1. The van der Waals surface area contributed by atoms with Gasteiger partial charge in [-0.3, -0.25) is 5.32 Å². The summed E-state index contributed by atoms with van der Waals surface area (Å²) in [7, 11) is 0. The molecule has 1 N–H and O–H groups in total. The first-order chi connectivity index (χ1) is 11.2. The van der Waals surface area contributed by atoms with Crippen LogP contribution in [-0.2, 0) is 0 Å². The molecule has 1 fully saturated rings. The first-order valence-electron chi connectivity index (χ1n) is 7.72. The third kappa shape index (κ3) is 3.38. The molecule has 23 heavy (non-hydrogen) atoms. The molecule has 0 radical (unpaired) electrons. The second kappa shape index (κ2) is 6.84. The molecule has 1 aliphatic rings. The van der Waals surface area contributed by atoms with Crippen molar-refractivity contribution in [3.05, 3.63) is 35.5 Å². The number of aromatic nitrogens is 2. The first-order valence-corrected chi connectivity index (χ1v) is 8.10. The summed E-state index contributed by atoms with van der Waals surface area (Å²) in [4.78, 5) is 11.0. The van der Waals surface area contributed by atoms with Crippen molar-refractivity contribution >= 4 is 23.4 Å². The molecule has 0 amide bonds. The lowest BCUT2D eigenvalue weighted by molar-refractivity contribution is 0.437. The zero-order valence-corrected chi connectivity index (χ0v) is 13.7. The molecular weight excluding hydrogens is 310 g/mol. The van der Waals surface area contributed by atoms with Crippen molar-refractivity contribution in [3.8, 4) is 17.3 Å². The van der Waals surface area contributed by atoms with Gasteiger partial charge in [-0.2, -0.15) is 15.2 Å². The van der Waals surface area contributed by atoms with E-state index in [1.165, 1.54) is 0 Å². The predicted molar refractivity (Wildman–Crippen MR) is 92.3 cm³/mol. The van der Waals surface area contributed by atoms with Gasteiger partial charge in [0.25, 0.3) is 0 Å². The smallest absolute Gasteiger partial charge is 0.239 e. The lowest BCUT2D eigenvalue weighted by Gasteiger charge is -2.32.